The molecule has 0 saturated heterocycles. The molecule has 0 radical (unpaired) electrons. The number of benzene rings is 3. The Labute approximate surface area is 138 Å². The first-order valence-electron chi connectivity index (χ1n) is 7.61. The summed E-state index contributed by atoms with van der Waals surface area (Å²) < 4.78 is 0. The summed E-state index contributed by atoms with van der Waals surface area (Å²) in [5, 5.41) is 14.3. The minimum absolute atomic E-state index is 0.838. The average Bonchev–Trinajstić information content (AvgIpc) is 2.65. The van der Waals surface area contributed by atoms with Crippen LogP contribution in [0.1, 0.15) is 0 Å². The standard InChI is InChI=1S/C21H19OP/c1-2-21(22)23(18-12-6-3-7-13-18,19-14-8-4-9-15-19)20-16-10-5-11-17-20/h1,3-17,21-23H. The van der Waals surface area contributed by atoms with E-state index in [-0.39, 0.29) is 0 Å². The second kappa shape index (κ2) is 6.80. The van der Waals surface area contributed by atoms with Crippen LogP contribution in [0.3, 0.4) is 0 Å². The maximum atomic E-state index is 11.0. The molecule has 0 heterocycles. The molecule has 0 aromatic heterocycles. The molecule has 0 bridgehead atoms. The molecule has 1 N–H and O–H groups in total. The molecule has 114 valence electrons. The van der Waals surface area contributed by atoms with Crippen LogP contribution >= 0.6 is 7.26 Å². The number of hydrogen-bond donors (Lipinski definition) is 1. The van der Waals surface area contributed by atoms with Gasteiger partial charge in [0.25, 0.3) is 0 Å². The van der Waals surface area contributed by atoms with Gasteiger partial charge in [-0.1, -0.05) is 0 Å². The van der Waals surface area contributed by atoms with Gasteiger partial charge in [0.15, 0.2) is 0 Å². The summed E-state index contributed by atoms with van der Waals surface area (Å²) in [6.07, 6.45) is 5.70. The molecule has 0 aliphatic carbocycles. The molecule has 3 aromatic carbocycles. The summed E-state index contributed by atoms with van der Waals surface area (Å²) >= 11 is 0. The third-order valence-electron chi connectivity index (χ3n) is 4.26. The van der Waals surface area contributed by atoms with Crippen molar-refractivity contribution < 1.29 is 5.11 Å². The summed E-state index contributed by atoms with van der Waals surface area (Å²) in [5.74, 6) is 1.78. The summed E-state index contributed by atoms with van der Waals surface area (Å²) in [6.45, 7) is 0. The monoisotopic (exact) mass is 318 g/mol. The van der Waals surface area contributed by atoms with Crippen LogP contribution in [0.5, 0.6) is 0 Å². The van der Waals surface area contributed by atoms with Crippen molar-refractivity contribution in [3.63, 3.8) is 0 Å². The fraction of sp³-hybridized carbons (Fsp3) is 0.0476. The van der Waals surface area contributed by atoms with Gasteiger partial charge < -0.3 is 0 Å². The number of rotatable bonds is 4. The van der Waals surface area contributed by atoms with Crippen molar-refractivity contribution in [3.8, 4) is 12.3 Å². The van der Waals surface area contributed by atoms with Crippen LogP contribution in [0.4, 0.5) is 0 Å². The van der Waals surface area contributed by atoms with Crippen molar-refractivity contribution in [2.45, 2.75) is 5.85 Å². The first kappa shape index (κ1) is 15.5. The van der Waals surface area contributed by atoms with E-state index in [4.69, 9.17) is 6.42 Å². The van der Waals surface area contributed by atoms with E-state index in [1.54, 1.807) is 0 Å². The quantitative estimate of drug-likeness (QED) is 0.579. The van der Waals surface area contributed by atoms with Gasteiger partial charge in [0, 0.05) is 0 Å². The third kappa shape index (κ3) is 2.68. The molecule has 23 heavy (non-hydrogen) atoms. The van der Waals surface area contributed by atoms with Gasteiger partial charge in [-0.2, -0.15) is 0 Å². The SMILES string of the molecule is C#CC(O)[PH](c1ccccc1)(c1ccccc1)c1ccccc1. The first-order valence-corrected chi connectivity index (χ1v) is 9.68. The predicted molar refractivity (Wildman–Crippen MR) is 101 cm³/mol. The zero-order valence-corrected chi connectivity index (χ0v) is 13.8. The van der Waals surface area contributed by atoms with Gasteiger partial charge in [0.2, 0.25) is 0 Å². The van der Waals surface area contributed by atoms with E-state index >= 15 is 0 Å². The van der Waals surface area contributed by atoms with Crippen molar-refractivity contribution >= 4 is 23.2 Å². The molecular formula is C21H19OP. The molecule has 1 atom stereocenters. The summed E-state index contributed by atoms with van der Waals surface area (Å²) in [6, 6.07) is 30.5. The molecule has 0 aliphatic rings. The van der Waals surface area contributed by atoms with Crippen molar-refractivity contribution in [3.05, 3.63) is 91.0 Å². The average molecular weight is 318 g/mol. The van der Waals surface area contributed by atoms with Gasteiger partial charge in [-0.05, 0) is 0 Å². The zero-order chi connectivity index (χ0) is 16.1. The minimum atomic E-state index is -2.71. The fourth-order valence-corrected chi connectivity index (χ4v) is 7.55. The van der Waals surface area contributed by atoms with Gasteiger partial charge in [0.05, 0.1) is 0 Å². The van der Waals surface area contributed by atoms with E-state index in [9.17, 15) is 5.11 Å². The van der Waals surface area contributed by atoms with Crippen LogP contribution in [0.2, 0.25) is 0 Å². The first-order chi connectivity index (χ1) is 11.3. The molecule has 1 unspecified atom stereocenters. The van der Waals surface area contributed by atoms with E-state index in [2.05, 4.69) is 42.3 Å². The van der Waals surface area contributed by atoms with Crippen molar-refractivity contribution in [2.75, 3.05) is 0 Å². The molecule has 3 rings (SSSR count). The Balaban J connectivity index is 2.38. The Morgan fingerprint density at radius 2 is 0.957 bits per heavy atom. The molecule has 0 aliphatic heterocycles. The second-order valence-corrected chi connectivity index (χ2v) is 9.37. The molecule has 0 amide bonds. The normalized spacial score (nSPS) is 13.0. The summed E-state index contributed by atoms with van der Waals surface area (Å²) in [7, 11) is -2.71. The summed E-state index contributed by atoms with van der Waals surface area (Å²) in [4.78, 5) is 0. The number of aliphatic hydroxyl groups excluding tert-OH is 1. The Morgan fingerprint density at radius 1 is 0.652 bits per heavy atom. The van der Waals surface area contributed by atoms with E-state index in [0.29, 0.717) is 0 Å². The van der Waals surface area contributed by atoms with Gasteiger partial charge in [0.1, 0.15) is 0 Å². The maximum absolute atomic E-state index is 11.0. The van der Waals surface area contributed by atoms with Crippen LogP contribution in [0.25, 0.3) is 0 Å². The number of terminal acetylenes is 1. The van der Waals surface area contributed by atoms with Crippen molar-refractivity contribution in [2.24, 2.45) is 0 Å². The van der Waals surface area contributed by atoms with Crippen molar-refractivity contribution in [1.29, 1.82) is 0 Å². The van der Waals surface area contributed by atoms with Gasteiger partial charge in [-0.3, -0.25) is 0 Å². The predicted octanol–water partition coefficient (Wildman–Crippen LogP) is 2.66. The fourth-order valence-electron chi connectivity index (χ4n) is 3.20. The Bertz CT molecular complexity index is 695. The second-order valence-electron chi connectivity index (χ2n) is 5.48. The van der Waals surface area contributed by atoms with Crippen molar-refractivity contribution in [1.82, 2.24) is 0 Å². The third-order valence-corrected chi connectivity index (χ3v) is 8.97. The number of aliphatic hydroxyl groups is 1. The van der Waals surface area contributed by atoms with E-state index in [1.165, 1.54) is 0 Å². The van der Waals surface area contributed by atoms with Crippen LogP contribution in [-0.2, 0) is 0 Å². The Kier molecular flexibility index (Phi) is 4.58. The summed E-state index contributed by atoms with van der Waals surface area (Å²) in [5.41, 5.74) is 0. The van der Waals surface area contributed by atoms with E-state index < -0.39 is 13.1 Å². The molecular weight excluding hydrogens is 299 g/mol. The van der Waals surface area contributed by atoms with Crippen LogP contribution in [-0.4, -0.2) is 11.0 Å². The molecule has 1 nitrogen and oxygen atoms in total. The molecule has 2 heteroatoms. The Hall–Kier alpha value is -2.39. The number of hydrogen-bond acceptors (Lipinski definition) is 1. The molecule has 3 aromatic rings. The van der Waals surface area contributed by atoms with E-state index in [0.717, 1.165) is 15.9 Å². The molecule has 0 fully saturated rings. The van der Waals surface area contributed by atoms with E-state index in [1.807, 2.05) is 54.6 Å². The van der Waals surface area contributed by atoms with Gasteiger partial charge in [-0.25, -0.2) is 0 Å². The van der Waals surface area contributed by atoms with Gasteiger partial charge in [-0.15, -0.1) is 0 Å². The van der Waals surface area contributed by atoms with Crippen LogP contribution in [0.15, 0.2) is 91.0 Å². The van der Waals surface area contributed by atoms with Crippen LogP contribution < -0.4 is 15.9 Å². The van der Waals surface area contributed by atoms with Crippen LogP contribution in [0, 0.1) is 12.3 Å². The molecule has 0 saturated carbocycles. The zero-order valence-electron chi connectivity index (χ0n) is 12.8. The van der Waals surface area contributed by atoms with Gasteiger partial charge >= 0.3 is 137 Å². The molecule has 0 spiro atoms. The Morgan fingerprint density at radius 3 is 1.22 bits per heavy atom. The topological polar surface area (TPSA) is 20.2 Å².